The van der Waals surface area contributed by atoms with Gasteiger partial charge in [0.15, 0.2) is 5.69 Å². The third kappa shape index (κ3) is 4.06. The molecule has 0 aliphatic heterocycles. The number of benzene rings is 1. The summed E-state index contributed by atoms with van der Waals surface area (Å²) < 4.78 is 6.66. The van der Waals surface area contributed by atoms with Crippen LogP contribution >= 0.6 is 11.6 Å². The van der Waals surface area contributed by atoms with Gasteiger partial charge in [-0.05, 0) is 43.7 Å². The first-order chi connectivity index (χ1) is 10.1. The molecule has 0 aliphatic rings. The van der Waals surface area contributed by atoms with Crippen molar-refractivity contribution in [2.45, 2.75) is 13.3 Å². The summed E-state index contributed by atoms with van der Waals surface area (Å²) in [7, 11) is 1.64. The van der Waals surface area contributed by atoms with Gasteiger partial charge in [0.2, 0.25) is 0 Å². The maximum atomic E-state index is 12.0. The number of nitrogens with one attached hydrogen (secondary N) is 1. The molecule has 0 radical (unpaired) electrons. The number of hydrogen-bond donors (Lipinski definition) is 1. The maximum Gasteiger partial charge on any atom is 0.271 e. The molecule has 0 saturated carbocycles. The third-order valence-electron chi connectivity index (χ3n) is 3.00. The van der Waals surface area contributed by atoms with Gasteiger partial charge in [0.25, 0.3) is 5.91 Å². The Morgan fingerprint density at radius 1 is 1.38 bits per heavy atom. The molecule has 0 aliphatic carbocycles. The zero-order valence-electron chi connectivity index (χ0n) is 12.1. The van der Waals surface area contributed by atoms with Gasteiger partial charge in [-0.2, -0.15) is 5.10 Å². The Hall–Kier alpha value is -1.85. The lowest BCUT2D eigenvalue weighted by atomic mass is 10.3. The van der Waals surface area contributed by atoms with Gasteiger partial charge in [-0.15, -0.1) is 0 Å². The van der Waals surface area contributed by atoms with Crippen molar-refractivity contribution < 1.29 is 9.53 Å². The predicted molar refractivity (Wildman–Crippen MR) is 82.1 cm³/mol. The Labute approximate surface area is 128 Å². The minimum Gasteiger partial charge on any atom is -0.385 e. The van der Waals surface area contributed by atoms with Crippen molar-refractivity contribution in [1.29, 1.82) is 0 Å². The van der Waals surface area contributed by atoms with Crippen LogP contribution in [0.4, 0.5) is 0 Å². The van der Waals surface area contributed by atoms with Crippen molar-refractivity contribution in [3.8, 4) is 5.69 Å². The highest BCUT2D eigenvalue weighted by molar-refractivity contribution is 6.30. The van der Waals surface area contributed by atoms with E-state index in [2.05, 4.69) is 10.4 Å². The van der Waals surface area contributed by atoms with E-state index in [-0.39, 0.29) is 5.91 Å². The molecule has 0 saturated heterocycles. The Bertz CT molecular complexity index is 608. The summed E-state index contributed by atoms with van der Waals surface area (Å²) in [5.74, 6) is -0.179. The van der Waals surface area contributed by atoms with Crippen molar-refractivity contribution in [3.63, 3.8) is 0 Å². The molecular formula is C15H18ClN3O2. The highest BCUT2D eigenvalue weighted by Gasteiger charge is 2.12. The standard InChI is InChI=1S/C15H18ClN3O2/c1-11-10-14(15(20)17-8-3-9-21-2)18-19(11)13-6-4-12(16)5-7-13/h4-7,10H,3,8-9H2,1-2H3,(H,17,20). The number of aryl methyl sites for hydroxylation is 1. The van der Waals surface area contributed by atoms with Gasteiger partial charge in [0, 0.05) is 31.0 Å². The molecule has 0 fully saturated rings. The lowest BCUT2D eigenvalue weighted by Crippen LogP contribution is -2.25. The summed E-state index contributed by atoms with van der Waals surface area (Å²) >= 11 is 5.87. The van der Waals surface area contributed by atoms with Crippen LogP contribution in [-0.2, 0) is 4.74 Å². The molecule has 0 bridgehead atoms. The second-order valence-electron chi connectivity index (χ2n) is 4.66. The maximum absolute atomic E-state index is 12.0. The van der Waals surface area contributed by atoms with Crippen LogP contribution in [0.1, 0.15) is 22.6 Å². The molecule has 0 atom stereocenters. The zero-order valence-corrected chi connectivity index (χ0v) is 12.9. The minimum absolute atomic E-state index is 0.179. The quantitative estimate of drug-likeness (QED) is 0.835. The van der Waals surface area contributed by atoms with E-state index in [9.17, 15) is 4.79 Å². The van der Waals surface area contributed by atoms with E-state index >= 15 is 0 Å². The fourth-order valence-electron chi connectivity index (χ4n) is 1.94. The summed E-state index contributed by atoms with van der Waals surface area (Å²) in [6, 6.07) is 9.08. The van der Waals surface area contributed by atoms with E-state index < -0.39 is 0 Å². The predicted octanol–water partition coefficient (Wildman–Crippen LogP) is 2.60. The highest BCUT2D eigenvalue weighted by Crippen LogP contribution is 2.15. The van der Waals surface area contributed by atoms with Gasteiger partial charge in [-0.1, -0.05) is 11.6 Å². The number of halogens is 1. The molecule has 1 aromatic heterocycles. The average molecular weight is 308 g/mol. The number of carbonyl (C=O) groups is 1. The molecule has 1 aromatic carbocycles. The topological polar surface area (TPSA) is 56.1 Å². The number of ether oxygens (including phenoxy) is 1. The van der Waals surface area contributed by atoms with Crippen LogP contribution < -0.4 is 5.32 Å². The first kappa shape index (κ1) is 15.5. The Balaban J connectivity index is 2.08. The van der Waals surface area contributed by atoms with Crippen LogP contribution in [0, 0.1) is 6.92 Å². The van der Waals surface area contributed by atoms with Gasteiger partial charge in [-0.25, -0.2) is 4.68 Å². The summed E-state index contributed by atoms with van der Waals surface area (Å²) in [5.41, 5.74) is 2.16. The Morgan fingerprint density at radius 3 is 2.76 bits per heavy atom. The number of carbonyl (C=O) groups excluding carboxylic acids is 1. The normalized spacial score (nSPS) is 10.6. The van der Waals surface area contributed by atoms with Crippen LogP contribution in [0.2, 0.25) is 5.02 Å². The van der Waals surface area contributed by atoms with Crippen LogP contribution in [-0.4, -0.2) is 35.9 Å². The van der Waals surface area contributed by atoms with E-state index in [4.69, 9.17) is 16.3 Å². The number of methoxy groups -OCH3 is 1. The molecule has 6 heteroatoms. The van der Waals surface area contributed by atoms with Crippen molar-refractivity contribution >= 4 is 17.5 Å². The van der Waals surface area contributed by atoms with Crippen molar-refractivity contribution in [1.82, 2.24) is 15.1 Å². The van der Waals surface area contributed by atoms with Gasteiger partial charge in [0.05, 0.1) is 5.69 Å². The molecule has 2 aromatic rings. The smallest absolute Gasteiger partial charge is 0.271 e. The van der Waals surface area contributed by atoms with Crippen LogP contribution in [0.5, 0.6) is 0 Å². The molecular weight excluding hydrogens is 290 g/mol. The molecule has 0 spiro atoms. The molecule has 1 N–H and O–H groups in total. The molecule has 21 heavy (non-hydrogen) atoms. The molecule has 112 valence electrons. The molecule has 0 unspecified atom stereocenters. The minimum atomic E-state index is -0.179. The Morgan fingerprint density at radius 2 is 2.10 bits per heavy atom. The second kappa shape index (κ2) is 7.24. The van der Waals surface area contributed by atoms with Crippen LogP contribution in [0.3, 0.4) is 0 Å². The van der Waals surface area contributed by atoms with E-state index in [1.807, 2.05) is 19.1 Å². The highest BCUT2D eigenvalue weighted by atomic mass is 35.5. The summed E-state index contributed by atoms with van der Waals surface area (Å²) in [6.07, 6.45) is 0.777. The number of aromatic nitrogens is 2. The first-order valence-electron chi connectivity index (χ1n) is 6.71. The van der Waals surface area contributed by atoms with Crippen LogP contribution in [0.25, 0.3) is 5.69 Å². The summed E-state index contributed by atoms with van der Waals surface area (Å²) in [6.45, 7) is 3.10. The van der Waals surface area contributed by atoms with Gasteiger partial charge in [-0.3, -0.25) is 4.79 Å². The number of hydrogen-bond acceptors (Lipinski definition) is 3. The van der Waals surface area contributed by atoms with Crippen molar-refractivity contribution in [2.24, 2.45) is 0 Å². The number of amides is 1. The lowest BCUT2D eigenvalue weighted by Gasteiger charge is -2.04. The fourth-order valence-corrected chi connectivity index (χ4v) is 2.06. The van der Waals surface area contributed by atoms with Crippen molar-refractivity contribution in [3.05, 3.63) is 46.7 Å². The molecule has 1 amide bonds. The lowest BCUT2D eigenvalue weighted by molar-refractivity contribution is 0.0943. The molecule has 5 nitrogen and oxygen atoms in total. The van der Waals surface area contributed by atoms with Gasteiger partial charge < -0.3 is 10.1 Å². The fraction of sp³-hybridized carbons (Fsp3) is 0.333. The van der Waals surface area contributed by atoms with Crippen molar-refractivity contribution in [2.75, 3.05) is 20.3 Å². The molecule has 1 heterocycles. The van der Waals surface area contributed by atoms with Crippen LogP contribution in [0.15, 0.2) is 30.3 Å². The van der Waals surface area contributed by atoms with Gasteiger partial charge in [0.1, 0.15) is 0 Å². The van der Waals surface area contributed by atoms with E-state index in [0.717, 1.165) is 17.8 Å². The second-order valence-corrected chi connectivity index (χ2v) is 5.10. The molecule has 2 rings (SSSR count). The van der Waals surface area contributed by atoms with E-state index in [1.165, 1.54) is 0 Å². The summed E-state index contributed by atoms with van der Waals surface area (Å²) in [5, 5.41) is 7.82. The zero-order chi connectivity index (χ0) is 15.2. The SMILES string of the molecule is COCCCNC(=O)c1cc(C)n(-c2ccc(Cl)cc2)n1. The number of nitrogens with zero attached hydrogens (tertiary/aromatic N) is 2. The first-order valence-corrected chi connectivity index (χ1v) is 7.09. The van der Waals surface area contributed by atoms with Gasteiger partial charge >= 0.3 is 0 Å². The monoisotopic (exact) mass is 307 g/mol. The third-order valence-corrected chi connectivity index (χ3v) is 3.25. The Kier molecular flexibility index (Phi) is 5.36. The largest absolute Gasteiger partial charge is 0.385 e. The summed E-state index contributed by atoms with van der Waals surface area (Å²) in [4.78, 5) is 12.0. The van der Waals surface area contributed by atoms with E-state index in [1.54, 1.807) is 30.0 Å². The number of rotatable bonds is 6. The average Bonchev–Trinajstić information content (AvgIpc) is 2.86. The van der Waals surface area contributed by atoms with E-state index in [0.29, 0.717) is 23.9 Å².